The lowest BCUT2D eigenvalue weighted by atomic mass is 10.1. The Balaban J connectivity index is 2.19. The fourth-order valence-corrected chi connectivity index (χ4v) is 1.88. The summed E-state index contributed by atoms with van der Waals surface area (Å²) in [7, 11) is 0. The summed E-state index contributed by atoms with van der Waals surface area (Å²) in [5.74, 6) is -0.267. The lowest BCUT2D eigenvalue weighted by Gasteiger charge is -2.07. The first kappa shape index (κ1) is 12.9. The van der Waals surface area contributed by atoms with E-state index < -0.39 is 22.4 Å². The highest BCUT2D eigenvalue weighted by Gasteiger charge is 2.15. The number of thiol groups is 1. The van der Waals surface area contributed by atoms with Crippen molar-refractivity contribution in [2.24, 2.45) is 0 Å². The van der Waals surface area contributed by atoms with E-state index >= 15 is 0 Å². The Kier molecular flexibility index (Phi) is 3.90. The van der Waals surface area contributed by atoms with Crippen molar-refractivity contribution in [3.05, 3.63) is 52.5 Å². The van der Waals surface area contributed by atoms with Gasteiger partial charge in [0.1, 0.15) is 12.0 Å². The number of benzene rings is 1. The Morgan fingerprint density at radius 1 is 1.33 bits per heavy atom. The van der Waals surface area contributed by atoms with Gasteiger partial charge in [0.25, 0.3) is 0 Å². The predicted octanol–water partition coefficient (Wildman–Crippen LogP) is 1.77. The zero-order valence-corrected chi connectivity index (χ0v) is 10.5. The van der Waals surface area contributed by atoms with Crippen LogP contribution in [-0.4, -0.2) is 8.76 Å². The molecule has 0 saturated carbocycles. The quantitative estimate of drug-likeness (QED) is 0.658. The summed E-state index contributed by atoms with van der Waals surface area (Å²) in [6.07, 6.45) is 1.19. The van der Waals surface area contributed by atoms with Gasteiger partial charge in [-0.25, -0.2) is 4.79 Å². The third kappa shape index (κ3) is 3.03. The molecule has 2 rings (SSSR count). The third-order valence-electron chi connectivity index (χ3n) is 2.11. The molecule has 2 aromatic rings. The van der Waals surface area contributed by atoms with Crippen molar-refractivity contribution in [1.29, 1.82) is 0 Å². The Morgan fingerprint density at radius 3 is 2.50 bits per heavy atom. The smallest absolute Gasteiger partial charge is 0.399 e. The second kappa shape index (κ2) is 5.42. The molecule has 0 bridgehead atoms. The second-order valence-corrected chi connectivity index (χ2v) is 4.38. The van der Waals surface area contributed by atoms with E-state index in [0.717, 1.165) is 5.56 Å². The van der Waals surface area contributed by atoms with Crippen LogP contribution in [0.5, 0.6) is 5.75 Å². The van der Waals surface area contributed by atoms with Gasteiger partial charge in [-0.15, -0.1) is 0 Å². The van der Waals surface area contributed by atoms with Gasteiger partial charge < -0.3 is 13.0 Å². The van der Waals surface area contributed by atoms with Gasteiger partial charge in [0.2, 0.25) is 0 Å². The molecule has 0 aliphatic rings. The van der Waals surface area contributed by atoms with Crippen LogP contribution in [0.15, 0.2) is 44.2 Å². The molecule has 8 heteroatoms. The minimum Gasteiger partial charge on any atom is -0.399 e. The molecular formula is C10H8O6S2. The molecule has 0 spiro atoms. The van der Waals surface area contributed by atoms with Crippen LogP contribution < -0.4 is 10.0 Å². The SMILES string of the molecule is O=c1occ(C(S)c2ccc(OS(=O)O)cc2)o1. The summed E-state index contributed by atoms with van der Waals surface area (Å²) >= 11 is 1.92. The monoisotopic (exact) mass is 288 g/mol. The van der Waals surface area contributed by atoms with Crippen molar-refractivity contribution in [2.45, 2.75) is 5.25 Å². The summed E-state index contributed by atoms with van der Waals surface area (Å²) in [6.45, 7) is 0. The molecule has 0 aliphatic heterocycles. The van der Waals surface area contributed by atoms with Gasteiger partial charge in [-0.05, 0) is 17.7 Å². The first-order chi connectivity index (χ1) is 8.56. The Hall–Kier alpha value is -1.51. The molecule has 6 nitrogen and oxygen atoms in total. The van der Waals surface area contributed by atoms with Crippen molar-refractivity contribution in [1.82, 2.24) is 0 Å². The van der Waals surface area contributed by atoms with Crippen molar-refractivity contribution in [3.63, 3.8) is 0 Å². The van der Waals surface area contributed by atoms with E-state index in [1.165, 1.54) is 18.4 Å². The number of hydrogen-bond acceptors (Lipinski definition) is 6. The highest BCUT2D eigenvalue weighted by Crippen LogP contribution is 2.28. The highest BCUT2D eigenvalue weighted by molar-refractivity contribution is 7.80. The predicted molar refractivity (Wildman–Crippen MR) is 65.9 cm³/mol. The fourth-order valence-electron chi connectivity index (χ4n) is 1.32. The largest absolute Gasteiger partial charge is 0.518 e. The standard InChI is InChI=1S/C10H8O6S2/c11-10-14-5-8(15-10)9(17)6-1-3-7(4-2-6)16-18(12)13/h1-5,9,17H,(H,12,13). The van der Waals surface area contributed by atoms with Gasteiger partial charge in [-0.3, -0.25) is 4.55 Å². The summed E-state index contributed by atoms with van der Waals surface area (Å²) in [5.41, 5.74) is 0.721. The van der Waals surface area contributed by atoms with Crippen LogP contribution in [0.3, 0.4) is 0 Å². The fraction of sp³-hybridized carbons (Fsp3) is 0.100. The van der Waals surface area contributed by atoms with Gasteiger partial charge in [-0.2, -0.15) is 16.8 Å². The number of rotatable bonds is 4. The van der Waals surface area contributed by atoms with Crippen LogP contribution in [-0.2, 0) is 11.4 Å². The van der Waals surface area contributed by atoms with Crippen molar-refractivity contribution >= 4 is 24.0 Å². The highest BCUT2D eigenvalue weighted by atomic mass is 32.2. The third-order valence-corrected chi connectivity index (χ3v) is 2.99. The Labute approximate surface area is 109 Å². The molecule has 96 valence electrons. The van der Waals surface area contributed by atoms with E-state index in [1.54, 1.807) is 12.1 Å². The summed E-state index contributed by atoms with van der Waals surface area (Å²) in [4.78, 5) is 10.8. The summed E-state index contributed by atoms with van der Waals surface area (Å²) in [5, 5.41) is -0.467. The summed E-state index contributed by atoms with van der Waals surface area (Å²) in [6, 6.07) is 6.27. The minimum absolute atomic E-state index is 0.244. The van der Waals surface area contributed by atoms with Crippen molar-refractivity contribution < 1.29 is 21.8 Å². The molecule has 2 atom stereocenters. The van der Waals surface area contributed by atoms with Crippen LogP contribution in [0.4, 0.5) is 0 Å². The summed E-state index contributed by atoms with van der Waals surface area (Å²) < 4.78 is 32.8. The molecule has 1 aromatic heterocycles. The topological polar surface area (TPSA) is 89.9 Å². The number of hydrogen-bond donors (Lipinski definition) is 2. The second-order valence-electron chi connectivity index (χ2n) is 3.26. The Morgan fingerprint density at radius 2 is 2.00 bits per heavy atom. The maximum Gasteiger partial charge on any atom is 0.518 e. The first-order valence-electron chi connectivity index (χ1n) is 4.72. The van der Waals surface area contributed by atoms with Crippen LogP contribution in [0, 0.1) is 0 Å². The molecule has 1 N–H and O–H groups in total. The van der Waals surface area contributed by atoms with Gasteiger partial charge in [0, 0.05) is 0 Å². The molecule has 0 aliphatic carbocycles. The molecule has 0 saturated heterocycles. The van der Waals surface area contributed by atoms with Gasteiger partial charge in [-0.1, -0.05) is 12.1 Å². The van der Waals surface area contributed by atoms with E-state index in [1.807, 2.05) is 0 Å². The molecule has 1 aromatic carbocycles. The van der Waals surface area contributed by atoms with Crippen LogP contribution in [0.2, 0.25) is 0 Å². The molecule has 0 fully saturated rings. The molecule has 18 heavy (non-hydrogen) atoms. The van der Waals surface area contributed by atoms with Gasteiger partial charge >= 0.3 is 17.2 Å². The average molecular weight is 288 g/mol. The van der Waals surface area contributed by atoms with Crippen LogP contribution in [0.25, 0.3) is 0 Å². The first-order valence-corrected chi connectivity index (χ1v) is 6.27. The van der Waals surface area contributed by atoms with E-state index in [-0.39, 0.29) is 11.5 Å². The normalized spacial score (nSPS) is 14.1. The lowest BCUT2D eigenvalue weighted by molar-refractivity contribution is 0.375. The zero-order valence-electron chi connectivity index (χ0n) is 8.81. The van der Waals surface area contributed by atoms with Gasteiger partial charge in [0.05, 0.1) is 5.25 Å². The average Bonchev–Trinajstić information content (AvgIpc) is 2.75. The molecule has 0 radical (unpaired) electrons. The van der Waals surface area contributed by atoms with E-state index in [9.17, 15) is 9.00 Å². The lowest BCUT2D eigenvalue weighted by Crippen LogP contribution is -1.98. The maximum atomic E-state index is 10.8. The van der Waals surface area contributed by atoms with E-state index in [0.29, 0.717) is 0 Å². The zero-order chi connectivity index (χ0) is 13.1. The van der Waals surface area contributed by atoms with Gasteiger partial charge in [0.15, 0.2) is 5.76 Å². The van der Waals surface area contributed by atoms with E-state index in [2.05, 4.69) is 21.2 Å². The molecule has 2 unspecified atom stereocenters. The van der Waals surface area contributed by atoms with Crippen molar-refractivity contribution in [3.8, 4) is 5.75 Å². The van der Waals surface area contributed by atoms with E-state index in [4.69, 9.17) is 8.97 Å². The van der Waals surface area contributed by atoms with Crippen LogP contribution >= 0.6 is 12.6 Å². The van der Waals surface area contributed by atoms with Crippen molar-refractivity contribution in [2.75, 3.05) is 0 Å². The molecule has 0 amide bonds. The molecule has 1 heterocycles. The van der Waals surface area contributed by atoms with Crippen LogP contribution in [0.1, 0.15) is 16.6 Å². The molecular weight excluding hydrogens is 280 g/mol. The Bertz CT molecular complexity index is 599. The maximum absolute atomic E-state index is 10.8. The minimum atomic E-state index is -2.36.